The Morgan fingerprint density at radius 1 is 1.35 bits per heavy atom. The van der Waals surface area contributed by atoms with Crippen molar-refractivity contribution in [3.8, 4) is 0 Å². The highest BCUT2D eigenvalue weighted by Gasteiger charge is 2.25. The lowest BCUT2D eigenvalue weighted by Gasteiger charge is -2.10. The van der Waals surface area contributed by atoms with Crippen LogP contribution in [0.4, 0.5) is 0 Å². The van der Waals surface area contributed by atoms with Crippen LogP contribution in [0, 0.1) is 24.0 Å². The molecule has 2 rings (SSSR count). The minimum atomic E-state index is -0.955. The first-order valence-electron chi connectivity index (χ1n) is 5.29. The van der Waals surface area contributed by atoms with Crippen LogP contribution >= 0.6 is 0 Å². The number of hydrogen-bond acceptors (Lipinski definition) is 3. The second-order valence-corrected chi connectivity index (χ2v) is 4.07. The van der Waals surface area contributed by atoms with Crippen LogP contribution in [0.2, 0.25) is 0 Å². The molecule has 0 aliphatic rings. The van der Waals surface area contributed by atoms with Crippen molar-refractivity contribution in [3.05, 3.63) is 63.5 Å². The fraction of sp³-hybridized carbons (Fsp3) is 0.250. The van der Waals surface area contributed by atoms with E-state index in [0.29, 0.717) is 5.56 Å². The van der Waals surface area contributed by atoms with Crippen molar-refractivity contribution in [2.75, 3.05) is 0 Å². The first-order valence-corrected chi connectivity index (χ1v) is 5.29. The highest BCUT2D eigenvalue weighted by Crippen LogP contribution is 2.19. The monoisotopic (exact) mass is 231 g/mol. The van der Waals surface area contributed by atoms with Crippen LogP contribution < -0.4 is 0 Å². The van der Waals surface area contributed by atoms with Gasteiger partial charge in [-0.15, -0.1) is 0 Å². The van der Waals surface area contributed by atoms with Gasteiger partial charge in [-0.05, 0) is 31.5 Å². The van der Waals surface area contributed by atoms with E-state index >= 15 is 0 Å². The summed E-state index contributed by atoms with van der Waals surface area (Å²) in [6.45, 7) is 3.77. The minimum absolute atomic E-state index is 0.332. The Hall–Kier alpha value is -2.17. The van der Waals surface area contributed by atoms with Crippen molar-refractivity contribution in [2.45, 2.75) is 20.0 Å². The normalized spacial score (nSPS) is 12.4. The van der Waals surface area contributed by atoms with Crippen LogP contribution in [-0.4, -0.2) is 14.7 Å². The Morgan fingerprint density at radius 2 is 2.12 bits per heavy atom. The van der Waals surface area contributed by atoms with Crippen LogP contribution in [0.1, 0.15) is 22.9 Å². The second-order valence-electron chi connectivity index (χ2n) is 4.07. The topological polar surface area (TPSA) is 61.0 Å². The van der Waals surface area contributed by atoms with Crippen molar-refractivity contribution in [3.63, 3.8) is 0 Å². The van der Waals surface area contributed by atoms with Crippen molar-refractivity contribution in [2.24, 2.45) is 0 Å². The fourth-order valence-electron chi connectivity index (χ4n) is 1.77. The lowest BCUT2D eigenvalue weighted by atomic mass is 10.1. The predicted octanol–water partition coefficient (Wildman–Crippen LogP) is 2.32. The zero-order valence-electron chi connectivity index (χ0n) is 9.70. The van der Waals surface area contributed by atoms with Crippen LogP contribution in [0.5, 0.6) is 0 Å². The third kappa shape index (κ3) is 2.33. The number of hydrogen-bond donors (Lipinski definition) is 0. The fourth-order valence-corrected chi connectivity index (χ4v) is 1.77. The van der Waals surface area contributed by atoms with Gasteiger partial charge < -0.3 is 0 Å². The Balaban J connectivity index is 2.46. The Bertz CT molecular complexity index is 548. The van der Waals surface area contributed by atoms with Gasteiger partial charge in [0.2, 0.25) is 0 Å². The zero-order chi connectivity index (χ0) is 12.4. The number of nitrogens with zero attached hydrogens (tertiary/aromatic N) is 3. The van der Waals surface area contributed by atoms with Crippen molar-refractivity contribution in [1.82, 2.24) is 9.78 Å². The van der Waals surface area contributed by atoms with Crippen LogP contribution in [0.15, 0.2) is 36.7 Å². The molecule has 1 aromatic heterocycles. The maximum Gasteiger partial charge on any atom is 0.330 e. The van der Waals surface area contributed by atoms with Crippen molar-refractivity contribution in [1.29, 1.82) is 0 Å². The van der Waals surface area contributed by atoms with Gasteiger partial charge in [-0.1, -0.05) is 17.7 Å². The van der Waals surface area contributed by atoms with Crippen molar-refractivity contribution >= 4 is 0 Å². The van der Waals surface area contributed by atoms with E-state index in [1.807, 2.05) is 32.0 Å². The lowest BCUT2D eigenvalue weighted by molar-refractivity contribution is -0.537. The third-order valence-electron chi connectivity index (χ3n) is 2.52. The van der Waals surface area contributed by atoms with Crippen LogP contribution in [0.3, 0.4) is 0 Å². The molecule has 0 fully saturated rings. The van der Waals surface area contributed by atoms with Gasteiger partial charge in [-0.25, -0.2) is 4.68 Å². The van der Waals surface area contributed by atoms with Gasteiger partial charge in [0.1, 0.15) is 0 Å². The molecule has 1 aromatic carbocycles. The number of rotatable bonds is 3. The molecule has 0 radical (unpaired) electrons. The van der Waals surface area contributed by atoms with E-state index in [4.69, 9.17) is 0 Å². The first kappa shape index (κ1) is 11.3. The van der Waals surface area contributed by atoms with Gasteiger partial charge in [0.25, 0.3) is 0 Å². The summed E-state index contributed by atoms with van der Waals surface area (Å²) in [5.74, 6) is 0. The molecule has 5 nitrogen and oxygen atoms in total. The molecule has 5 heteroatoms. The predicted molar refractivity (Wildman–Crippen MR) is 63.3 cm³/mol. The summed E-state index contributed by atoms with van der Waals surface area (Å²) >= 11 is 0. The average molecular weight is 231 g/mol. The molecule has 0 bridgehead atoms. The Morgan fingerprint density at radius 3 is 2.65 bits per heavy atom. The molecule has 2 aromatic rings. The standard InChI is InChI=1S/C12H13N3O2/c1-9-4-3-5-11(6-9)12(15(16)17)14-8-10(2)7-13-14/h3-8,12H,1-2H3. The summed E-state index contributed by atoms with van der Waals surface area (Å²) in [5.41, 5.74) is 2.54. The molecule has 0 N–H and O–H groups in total. The summed E-state index contributed by atoms with van der Waals surface area (Å²) in [6.07, 6.45) is 2.34. The molecule has 0 spiro atoms. The van der Waals surface area contributed by atoms with Gasteiger partial charge in [0.05, 0.1) is 11.1 Å². The van der Waals surface area contributed by atoms with E-state index in [-0.39, 0.29) is 4.92 Å². The Labute approximate surface area is 98.8 Å². The summed E-state index contributed by atoms with van der Waals surface area (Å²) in [5, 5.41) is 15.2. The highest BCUT2D eigenvalue weighted by molar-refractivity contribution is 5.24. The molecular formula is C12H13N3O2. The number of aryl methyl sites for hydroxylation is 2. The molecular weight excluding hydrogens is 218 g/mol. The minimum Gasteiger partial charge on any atom is -0.262 e. The highest BCUT2D eigenvalue weighted by atomic mass is 16.6. The molecule has 17 heavy (non-hydrogen) atoms. The summed E-state index contributed by atoms with van der Waals surface area (Å²) < 4.78 is 1.38. The summed E-state index contributed by atoms with van der Waals surface area (Å²) in [6, 6.07) is 7.29. The SMILES string of the molecule is Cc1cccc(C(n2cc(C)cn2)[N+](=O)[O-])c1. The number of benzene rings is 1. The average Bonchev–Trinajstić information content (AvgIpc) is 2.64. The Kier molecular flexibility index (Phi) is 2.91. The maximum absolute atomic E-state index is 11.2. The summed E-state index contributed by atoms with van der Waals surface area (Å²) in [4.78, 5) is 10.8. The van der Waals surface area contributed by atoms with E-state index in [1.165, 1.54) is 4.68 Å². The smallest absolute Gasteiger partial charge is 0.262 e. The third-order valence-corrected chi connectivity index (χ3v) is 2.52. The zero-order valence-corrected chi connectivity index (χ0v) is 9.70. The molecule has 0 amide bonds. The van der Waals surface area contributed by atoms with Gasteiger partial charge >= 0.3 is 6.17 Å². The van der Waals surface area contributed by atoms with Crippen LogP contribution in [-0.2, 0) is 0 Å². The molecule has 88 valence electrons. The van der Waals surface area contributed by atoms with Gasteiger partial charge in [-0.2, -0.15) is 5.10 Å². The van der Waals surface area contributed by atoms with E-state index in [0.717, 1.165) is 11.1 Å². The quantitative estimate of drug-likeness (QED) is 0.601. The molecule has 1 unspecified atom stereocenters. The second kappa shape index (κ2) is 4.37. The van der Waals surface area contributed by atoms with Gasteiger partial charge in [-0.3, -0.25) is 10.1 Å². The number of aromatic nitrogens is 2. The molecule has 1 atom stereocenters. The van der Waals surface area contributed by atoms with E-state index in [2.05, 4.69) is 5.10 Å². The molecule has 0 saturated heterocycles. The molecule has 0 saturated carbocycles. The van der Waals surface area contributed by atoms with Gasteiger partial charge in [0.15, 0.2) is 0 Å². The number of nitro groups is 1. The lowest BCUT2D eigenvalue weighted by Crippen LogP contribution is -2.20. The van der Waals surface area contributed by atoms with Gasteiger partial charge in [0, 0.05) is 11.8 Å². The molecule has 0 aliphatic heterocycles. The first-order chi connectivity index (χ1) is 8.08. The van der Waals surface area contributed by atoms with Crippen LogP contribution in [0.25, 0.3) is 0 Å². The maximum atomic E-state index is 11.2. The van der Waals surface area contributed by atoms with E-state index < -0.39 is 6.17 Å². The summed E-state index contributed by atoms with van der Waals surface area (Å²) in [7, 11) is 0. The van der Waals surface area contributed by atoms with E-state index in [1.54, 1.807) is 18.5 Å². The molecule has 0 aliphatic carbocycles. The largest absolute Gasteiger partial charge is 0.330 e. The van der Waals surface area contributed by atoms with E-state index in [9.17, 15) is 10.1 Å². The van der Waals surface area contributed by atoms with Crippen molar-refractivity contribution < 1.29 is 4.92 Å². The molecule has 1 heterocycles.